The van der Waals surface area contributed by atoms with Crippen LogP contribution in [0.15, 0.2) is 39.4 Å². The average Bonchev–Trinajstić information content (AvgIpc) is 3.27. The summed E-state index contributed by atoms with van der Waals surface area (Å²) < 4.78 is 31.1. The maximum Gasteiger partial charge on any atom is 0.363 e. The number of halogens is 2. The number of rotatable bonds is 3. The standard InChI is InChI=1S/C18H15BrClN3O4S/c1-10-13(16(20)23(22-10)11-6-7-28(25,26)9-11)8-15-18(24)27-17(21-15)12-4-2-3-5-14(12)19/h2-5,8,11H,6-7,9H2,1H3/b15-8+. The lowest BCUT2D eigenvalue weighted by molar-refractivity contribution is -0.129. The summed E-state index contributed by atoms with van der Waals surface area (Å²) >= 11 is 9.87. The Labute approximate surface area is 175 Å². The number of aliphatic imine (C=N–C) groups is 1. The molecule has 0 radical (unpaired) electrons. The Hall–Kier alpha value is -1.97. The number of aryl methyl sites for hydroxylation is 1. The van der Waals surface area contributed by atoms with Crippen molar-refractivity contribution in [3.8, 4) is 0 Å². The van der Waals surface area contributed by atoms with Gasteiger partial charge in [-0.1, -0.05) is 23.7 Å². The van der Waals surface area contributed by atoms with E-state index in [0.29, 0.717) is 23.2 Å². The quantitative estimate of drug-likeness (QED) is 0.492. The fourth-order valence-corrected chi connectivity index (χ4v) is 5.72. The molecule has 1 fully saturated rings. The van der Waals surface area contributed by atoms with Gasteiger partial charge in [0.15, 0.2) is 15.5 Å². The first kappa shape index (κ1) is 19.4. The van der Waals surface area contributed by atoms with Crippen LogP contribution < -0.4 is 0 Å². The third-order valence-corrected chi connectivity index (χ3v) is 7.45. The van der Waals surface area contributed by atoms with E-state index < -0.39 is 15.8 Å². The molecule has 4 rings (SSSR count). The molecule has 7 nitrogen and oxygen atoms in total. The highest BCUT2D eigenvalue weighted by Gasteiger charge is 2.32. The van der Waals surface area contributed by atoms with Gasteiger partial charge in [-0.15, -0.1) is 0 Å². The van der Waals surface area contributed by atoms with E-state index in [2.05, 4.69) is 26.0 Å². The molecule has 2 aromatic rings. The lowest BCUT2D eigenvalue weighted by Gasteiger charge is -2.09. The van der Waals surface area contributed by atoms with Crippen LogP contribution in [0.5, 0.6) is 0 Å². The molecule has 3 heterocycles. The van der Waals surface area contributed by atoms with Crippen LogP contribution in [-0.4, -0.2) is 41.6 Å². The summed E-state index contributed by atoms with van der Waals surface area (Å²) in [4.78, 5) is 16.6. The zero-order chi connectivity index (χ0) is 20.1. The van der Waals surface area contributed by atoms with E-state index in [1.54, 1.807) is 13.0 Å². The number of nitrogens with zero attached hydrogens (tertiary/aromatic N) is 3. The molecule has 28 heavy (non-hydrogen) atoms. The van der Waals surface area contributed by atoms with Crippen LogP contribution in [0, 0.1) is 6.92 Å². The number of hydrogen-bond donors (Lipinski definition) is 0. The van der Waals surface area contributed by atoms with Crippen LogP contribution in [0.25, 0.3) is 6.08 Å². The minimum atomic E-state index is -3.07. The van der Waals surface area contributed by atoms with Crippen molar-refractivity contribution in [2.75, 3.05) is 11.5 Å². The van der Waals surface area contributed by atoms with Crippen molar-refractivity contribution in [1.29, 1.82) is 0 Å². The minimum Gasteiger partial charge on any atom is -0.402 e. The van der Waals surface area contributed by atoms with E-state index in [1.165, 1.54) is 10.8 Å². The second-order valence-corrected chi connectivity index (χ2v) is 10.0. The first-order valence-electron chi connectivity index (χ1n) is 8.47. The number of cyclic esters (lactones) is 1. The van der Waals surface area contributed by atoms with E-state index in [-0.39, 0.29) is 34.3 Å². The number of carbonyl (C=O) groups excluding carboxylic acids is 1. The molecule has 1 aromatic heterocycles. The van der Waals surface area contributed by atoms with Gasteiger partial charge >= 0.3 is 5.97 Å². The second kappa shape index (κ2) is 7.13. The number of hydrogen-bond acceptors (Lipinski definition) is 6. The van der Waals surface area contributed by atoms with Gasteiger partial charge in [-0.25, -0.2) is 22.9 Å². The molecule has 2 aliphatic heterocycles. The Morgan fingerprint density at radius 1 is 1.36 bits per heavy atom. The Morgan fingerprint density at radius 3 is 2.79 bits per heavy atom. The summed E-state index contributed by atoms with van der Waals surface area (Å²) in [6, 6.07) is 6.98. The SMILES string of the molecule is Cc1nn(C2CCS(=O)(=O)C2)c(Cl)c1/C=C1/N=C(c2ccccc2Br)OC1=O. The zero-order valence-corrected chi connectivity index (χ0v) is 17.9. The van der Waals surface area contributed by atoms with Gasteiger partial charge < -0.3 is 4.74 Å². The largest absolute Gasteiger partial charge is 0.402 e. The predicted molar refractivity (Wildman–Crippen MR) is 109 cm³/mol. The van der Waals surface area contributed by atoms with E-state index >= 15 is 0 Å². The number of carbonyl (C=O) groups is 1. The molecule has 0 N–H and O–H groups in total. The Kier molecular flexibility index (Phi) is 4.93. The zero-order valence-electron chi connectivity index (χ0n) is 14.7. The number of sulfone groups is 1. The maximum atomic E-state index is 12.3. The molecule has 146 valence electrons. The monoisotopic (exact) mass is 483 g/mol. The third-order valence-electron chi connectivity index (χ3n) is 4.63. The van der Waals surface area contributed by atoms with Crippen molar-refractivity contribution in [3.63, 3.8) is 0 Å². The van der Waals surface area contributed by atoms with Crippen molar-refractivity contribution in [3.05, 3.63) is 56.4 Å². The molecular formula is C18H15BrClN3O4S. The van der Waals surface area contributed by atoms with Crippen LogP contribution in [0.3, 0.4) is 0 Å². The molecule has 0 bridgehead atoms. The van der Waals surface area contributed by atoms with E-state index in [0.717, 1.165) is 4.47 Å². The van der Waals surface area contributed by atoms with Crippen molar-refractivity contribution in [2.45, 2.75) is 19.4 Å². The van der Waals surface area contributed by atoms with Crippen molar-refractivity contribution in [2.24, 2.45) is 4.99 Å². The number of esters is 1. The van der Waals surface area contributed by atoms with Gasteiger partial charge in [-0.3, -0.25) is 0 Å². The molecule has 2 aliphatic rings. The molecule has 0 spiro atoms. The van der Waals surface area contributed by atoms with Gasteiger partial charge in [0.25, 0.3) is 0 Å². The summed E-state index contributed by atoms with van der Waals surface area (Å²) in [5.41, 5.74) is 1.87. The van der Waals surface area contributed by atoms with E-state index in [9.17, 15) is 13.2 Å². The highest BCUT2D eigenvalue weighted by Crippen LogP contribution is 2.32. The molecule has 1 unspecified atom stereocenters. The molecule has 1 saturated heterocycles. The minimum absolute atomic E-state index is 0.0101. The fourth-order valence-electron chi connectivity index (χ4n) is 3.20. The summed E-state index contributed by atoms with van der Waals surface area (Å²) in [5.74, 6) is -0.255. The highest BCUT2D eigenvalue weighted by atomic mass is 79.9. The Balaban J connectivity index is 1.70. The first-order valence-corrected chi connectivity index (χ1v) is 11.5. The van der Waals surface area contributed by atoms with Crippen LogP contribution in [-0.2, 0) is 19.4 Å². The maximum absolute atomic E-state index is 12.3. The van der Waals surface area contributed by atoms with Gasteiger partial charge in [-0.05, 0) is 47.5 Å². The van der Waals surface area contributed by atoms with Crippen LogP contribution >= 0.6 is 27.5 Å². The average molecular weight is 485 g/mol. The molecule has 1 atom stereocenters. The molecule has 10 heteroatoms. The highest BCUT2D eigenvalue weighted by molar-refractivity contribution is 9.10. The normalized spacial score (nSPS) is 22.5. The molecule has 0 saturated carbocycles. The summed E-state index contributed by atoms with van der Waals surface area (Å²) in [7, 11) is -3.07. The van der Waals surface area contributed by atoms with E-state index in [1.807, 2.05) is 18.2 Å². The van der Waals surface area contributed by atoms with Crippen molar-refractivity contribution in [1.82, 2.24) is 9.78 Å². The topological polar surface area (TPSA) is 90.6 Å². The molecule has 0 amide bonds. The van der Waals surface area contributed by atoms with Gasteiger partial charge in [0, 0.05) is 10.0 Å². The van der Waals surface area contributed by atoms with Crippen molar-refractivity contribution >= 4 is 55.3 Å². The Bertz CT molecular complexity index is 1150. The fraction of sp³-hybridized carbons (Fsp3) is 0.278. The molecular weight excluding hydrogens is 470 g/mol. The van der Waals surface area contributed by atoms with Crippen molar-refractivity contribution < 1.29 is 17.9 Å². The number of ether oxygens (including phenoxy) is 1. The Morgan fingerprint density at radius 2 is 2.11 bits per heavy atom. The second-order valence-electron chi connectivity index (χ2n) is 6.61. The lowest BCUT2D eigenvalue weighted by Crippen LogP contribution is -2.12. The molecule has 0 aliphatic carbocycles. The summed E-state index contributed by atoms with van der Waals surface area (Å²) in [6.45, 7) is 1.75. The number of benzene rings is 1. The lowest BCUT2D eigenvalue weighted by atomic mass is 10.2. The predicted octanol–water partition coefficient (Wildman–Crippen LogP) is 3.31. The van der Waals surface area contributed by atoms with Crippen LogP contribution in [0.2, 0.25) is 5.15 Å². The smallest absolute Gasteiger partial charge is 0.363 e. The third kappa shape index (κ3) is 3.54. The van der Waals surface area contributed by atoms with Crippen LogP contribution in [0.4, 0.5) is 0 Å². The first-order chi connectivity index (χ1) is 13.2. The molecule has 1 aromatic carbocycles. The number of aromatic nitrogens is 2. The van der Waals surface area contributed by atoms with Gasteiger partial charge in [0.05, 0.1) is 28.8 Å². The van der Waals surface area contributed by atoms with Gasteiger partial charge in [-0.2, -0.15) is 5.10 Å². The van der Waals surface area contributed by atoms with Crippen LogP contribution in [0.1, 0.15) is 29.3 Å². The van der Waals surface area contributed by atoms with Gasteiger partial charge in [0.2, 0.25) is 5.90 Å². The van der Waals surface area contributed by atoms with Gasteiger partial charge in [0.1, 0.15) is 5.15 Å². The van der Waals surface area contributed by atoms with E-state index in [4.69, 9.17) is 16.3 Å². The summed E-state index contributed by atoms with van der Waals surface area (Å²) in [6.07, 6.45) is 1.99. The summed E-state index contributed by atoms with van der Waals surface area (Å²) in [5, 5.41) is 4.67.